The SMILES string of the molecule is CCCCn1c(=O)c2ccc(OC)c(OC)c2n(Cc2ccc(-c3ccccc3-c3nn[nH]n3)cc2)c1=O. The molecular weight excluding hydrogens is 484 g/mol. The zero-order valence-electron chi connectivity index (χ0n) is 21.5. The normalized spacial score (nSPS) is 11.1. The van der Waals surface area contributed by atoms with E-state index >= 15 is 0 Å². The van der Waals surface area contributed by atoms with E-state index in [9.17, 15) is 9.59 Å². The summed E-state index contributed by atoms with van der Waals surface area (Å²) < 4.78 is 14.0. The maximum Gasteiger partial charge on any atom is 0.331 e. The van der Waals surface area contributed by atoms with Crippen LogP contribution in [0.3, 0.4) is 0 Å². The van der Waals surface area contributed by atoms with Gasteiger partial charge in [0.2, 0.25) is 5.82 Å². The summed E-state index contributed by atoms with van der Waals surface area (Å²) in [5.41, 5.74) is 3.39. The highest BCUT2D eigenvalue weighted by molar-refractivity contribution is 5.87. The summed E-state index contributed by atoms with van der Waals surface area (Å²) in [7, 11) is 3.03. The average Bonchev–Trinajstić information content (AvgIpc) is 3.50. The van der Waals surface area contributed by atoms with Crippen molar-refractivity contribution in [2.45, 2.75) is 32.9 Å². The van der Waals surface area contributed by atoms with Crippen LogP contribution >= 0.6 is 0 Å². The first-order valence-corrected chi connectivity index (χ1v) is 12.4. The molecule has 5 aromatic rings. The predicted octanol–water partition coefficient (Wildman–Crippen LogP) is 3.88. The summed E-state index contributed by atoms with van der Waals surface area (Å²) in [4.78, 5) is 26.9. The van der Waals surface area contributed by atoms with Crippen molar-refractivity contribution in [3.05, 3.63) is 87.1 Å². The van der Waals surface area contributed by atoms with Gasteiger partial charge in [0, 0.05) is 12.1 Å². The topological polar surface area (TPSA) is 117 Å². The molecule has 0 radical (unpaired) electrons. The van der Waals surface area contributed by atoms with Gasteiger partial charge in [-0.25, -0.2) is 4.79 Å². The average molecular weight is 513 g/mol. The third kappa shape index (κ3) is 4.45. The number of benzene rings is 3. The maximum absolute atomic E-state index is 13.7. The number of nitrogens with zero attached hydrogens (tertiary/aromatic N) is 5. The second kappa shape index (κ2) is 10.7. The number of hydrogen-bond donors (Lipinski definition) is 1. The molecule has 10 heteroatoms. The van der Waals surface area contributed by atoms with Gasteiger partial charge in [-0.15, -0.1) is 10.2 Å². The second-order valence-corrected chi connectivity index (χ2v) is 8.85. The molecule has 194 valence electrons. The van der Waals surface area contributed by atoms with E-state index in [2.05, 4.69) is 20.6 Å². The molecule has 2 aromatic heterocycles. The Morgan fingerprint density at radius 3 is 2.32 bits per heavy atom. The third-order valence-corrected chi connectivity index (χ3v) is 6.58. The summed E-state index contributed by atoms with van der Waals surface area (Å²) in [5, 5.41) is 14.8. The van der Waals surface area contributed by atoms with Gasteiger partial charge in [0.1, 0.15) is 5.52 Å². The number of fused-ring (bicyclic) bond motifs is 1. The molecule has 0 aliphatic heterocycles. The number of H-pyrrole nitrogens is 1. The number of ether oxygens (including phenoxy) is 2. The minimum absolute atomic E-state index is 0.248. The molecule has 0 atom stereocenters. The molecule has 38 heavy (non-hydrogen) atoms. The van der Waals surface area contributed by atoms with Gasteiger partial charge in [-0.3, -0.25) is 13.9 Å². The third-order valence-electron chi connectivity index (χ3n) is 6.58. The van der Waals surface area contributed by atoms with Gasteiger partial charge in [0.15, 0.2) is 11.5 Å². The van der Waals surface area contributed by atoms with Crippen LogP contribution in [0.15, 0.2) is 70.3 Å². The smallest absolute Gasteiger partial charge is 0.331 e. The number of unbranched alkanes of at least 4 members (excludes halogenated alkanes) is 1. The van der Waals surface area contributed by atoms with Gasteiger partial charge in [0.25, 0.3) is 5.56 Å². The Bertz CT molecular complexity index is 1690. The van der Waals surface area contributed by atoms with Gasteiger partial charge < -0.3 is 9.47 Å². The largest absolute Gasteiger partial charge is 0.493 e. The summed E-state index contributed by atoms with van der Waals surface area (Å²) in [6.45, 7) is 2.62. The molecule has 5 rings (SSSR count). The van der Waals surface area contributed by atoms with E-state index in [4.69, 9.17) is 9.47 Å². The van der Waals surface area contributed by atoms with Crippen molar-refractivity contribution in [1.82, 2.24) is 29.8 Å². The van der Waals surface area contributed by atoms with E-state index in [1.54, 1.807) is 16.7 Å². The molecule has 1 N–H and O–H groups in total. The quantitative estimate of drug-likeness (QED) is 0.319. The highest BCUT2D eigenvalue weighted by Crippen LogP contribution is 2.34. The lowest BCUT2D eigenvalue weighted by molar-refractivity contribution is 0.356. The molecule has 3 aromatic carbocycles. The van der Waals surface area contributed by atoms with Crippen LogP contribution < -0.4 is 20.7 Å². The van der Waals surface area contributed by atoms with Gasteiger partial charge in [-0.05, 0) is 40.5 Å². The maximum atomic E-state index is 13.7. The molecular formula is C28H28N6O4. The van der Waals surface area contributed by atoms with Crippen LogP contribution in [0.2, 0.25) is 0 Å². The van der Waals surface area contributed by atoms with E-state index in [0.717, 1.165) is 35.1 Å². The molecule has 0 fully saturated rings. The first kappa shape index (κ1) is 24.9. The zero-order chi connectivity index (χ0) is 26.6. The first-order chi connectivity index (χ1) is 18.6. The van der Waals surface area contributed by atoms with E-state index in [1.807, 2.05) is 55.5 Å². The second-order valence-electron chi connectivity index (χ2n) is 8.85. The molecule has 0 saturated carbocycles. The van der Waals surface area contributed by atoms with Crippen molar-refractivity contribution >= 4 is 10.9 Å². The Labute approximate surface area is 218 Å². The zero-order valence-corrected chi connectivity index (χ0v) is 21.5. The van der Waals surface area contributed by atoms with Crippen LogP contribution in [-0.2, 0) is 13.1 Å². The molecule has 0 bridgehead atoms. The summed E-state index contributed by atoms with van der Waals surface area (Å²) >= 11 is 0. The molecule has 10 nitrogen and oxygen atoms in total. The first-order valence-electron chi connectivity index (χ1n) is 12.4. The minimum atomic E-state index is -0.381. The Balaban J connectivity index is 1.61. The molecule has 0 unspecified atom stereocenters. The number of hydrogen-bond acceptors (Lipinski definition) is 7. The van der Waals surface area contributed by atoms with E-state index in [0.29, 0.717) is 34.8 Å². The summed E-state index contributed by atoms with van der Waals surface area (Å²) in [5.74, 6) is 1.32. The van der Waals surface area contributed by atoms with Gasteiger partial charge in [-0.2, -0.15) is 5.21 Å². The van der Waals surface area contributed by atoms with Crippen molar-refractivity contribution in [1.29, 1.82) is 0 Å². The molecule has 0 aliphatic rings. The summed E-state index contributed by atoms with van der Waals surface area (Å²) in [6.07, 6.45) is 1.59. The van der Waals surface area contributed by atoms with Crippen LogP contribution in [0.1, 0.15) is 25.3 Å². The molecule has 0 amide bonds. The van der Waals surface area contributed by atoms with Crippen LogP contribution in [0.25, 0.3) is 33.4 Å². The van der Waals surface area contributed by atoms with Crippen molar-refractivity contribution in [3.8, 4) is 34.0 Å². The fourth-order valence-electron chi connectivity index (χ4n) is 4.66. The highest BCUT2D eigenvalue weighted by atomic mass is 16.5. The highest BCUT2D eigenvalue weighted by Gasteiger charge is 2.20. The van der Waals surface area contributed by atoms with E-state index < -0.39 is 0 Å². The predicted molar refractivity (Wildman–Crippen MR) is 145 cm³/mol. The van der Waals surface area contributed by atoms with Gasteiger partial charge in [0.05, 0.1) is 26.2 Å². The van der Waals surface area contributed by atoms with Gasteiger partial charge >= 0.3 is 5.69 Å². The van der Waals surface area contributed by atoms with Crippen LogP contribution in [-0.4, -0.2) is 44.0 Å². The summed E-state index contributed by atoms with van der Waals surface area (Å²) in [6, 6.07) is 19.1. The van der Waals surface area contributed by atoms with Crippen molar-refractivity contribution < 1.29 is 9.47 Å². The number of nitrogens with one attached hydrogen (secondary N) is 1. The lowest BCUT2D eigenvalue weighted by Crippen LogP contribution is -2.40. The Hall–Kier alpha value is -4.73. The minimum Gasteiger partial charge on any atom is -0.493 e. The Kier molecular flexibility index (Phi) is 7.03. The number of methoxy groups -OCH3 is 2. The van der Waals surface area contributed by atoms with E-state index in [1.165, 1.54) is 18.8 Å². The lowest BCUT2D eigenvalue weighted by Gasteiger charge is -2.18. The monoisotopic (exact) mass is 512 g/mol. The van der Waals surface area contributed by atoms with Gasteiger partial charge in [-0.1, -0.05) is 61.9 Å². The fourth-order valence-corrected chi connectivity index (χ4v) is 4.66. The number of rotatable bonds is 9. The molecule has 0 aliphatic carbocycles. The Morgan fingerprint density at radius 1 is 0.895 bits per heavy atom. The molecule has 2 heterocycles. The number of aromatic nitrogens is 6. The standard InChI is InChI=1S/C28H28N6O4/c1-4-5-16-33-27(35)22-14-15-23(37-2)25(38-3)24(22)34(28(33)36)17-18-10-12-19(13-11-18)20-8-6-7-9-21(20)26-29-31-32-30-26/h6-15H,4-5,16-17H2,1-3H3,(H,29,30,31,32). The molecule has 0 saturated heterocycles. The Morgan fingerprint density at radius 2 is 1.66 bits per heavy atom. The van der Waals surface area contributed by atoms with Crippen LogP contribution in [0, 0.1) is 0 Å². The van der Waals surface area contributed by atoms with Crippen LogP contribution in [0.5, 0.6) is 11.5 Å². The fraction of sp³-hybridized carbons (Fsp3) is 0.250. The lowest BCUT2D eigenvalue weighted by atomic mass is 9.98. The van der Waals surface area contributed by atoms with Crippen molar-refractivity contribution in [2.24, 2.45) is 0 Å². The van der Waals surface area contributed by atoms with E-state index in [-0.39, 0.29) is 17.8 Å². The van der Waals surface area contributed by atoms with Crippen LogP contribution in [0.4, 0.5) is 0 Å². The van der Waals surface area contributed by atoms with Crippen molar-refractivity contribution in [3.63, 3.8) is 0 Å². The number of aromatic amines is 1. The molecule has 0 spiro atoms. The number of tetrazole rings is 1. The van der Waals surface area contributed by atoms with Crippen molar-refractivity contribution in [2.75, 3.05) is 14.2 Å².